The first-order chi connectivity index (χ1) is 8.83. The van der Waals surface area contributed by atoms with E-state index in [-0.39, 0.29) is 0 Å². The molecule has 1 saturated carbocycles. The van der Waals surface area contributed by atoms with Gasteiger partial charge in [-0.15, -0.1) is 0 Å². The fourth-order valence-corrected chi connectivity index (χ4v) is 3.13. The average Bonchev–Trinajstić information content (AvgIpc) is 3.21. The van der Waals surface area contributed by atoms with Crippen LogP contribution in [0.15, 0.2) is 0 Å². The Kier molecular flexibility index (Phi) is 5.93. The molecule has 106 valence electrons. The maximum Gasteiger partial charge on any atom is 0.0110 e. The Morgan fingerprint density at radius 3 is 2.39 bits per heavy atom. The van der Waals surface area contributed by atoms with E-state index in [1.807, 2.05) is 0 Å². The van der Waals surface area contributed by atoms with Crippen molar-refractivity contribution in [2.45, 2.75) is 58.0 Å². The van der Waals surface area contributed by atoms with E-state index in [2.05, 4.69) is 29.0 Å². The maximum atomic E-state index is 3.76. The lowest BCUT2D eigenvalue weighted by Crippen LogP contribution is -2.45. The second-order valence-electron chi connectivity index (χ2n) is 5.93. The minimum Gasteiger partial charge on any atom is -0.313 e. The van der Waals surface area contributed by atoms with E-state index >= 15 is 0 Å². The SMILES string of the molecule is CCCN1CCC(NCCN(CC)C2CC2)CC1. The molecular weight excluding hydrogens is 222 g/mol. The summed E-state index contributed by atoms with van der Waals surface area (Å²) in [6.45, 7) is 12.1. The summed E-state index contributed by atoms with van der Waals surface area (Å²) in [5, 5.41) is 3.76. The van der Waals surface area contributed by atoms with Crippen LogP contribution in [-0.4, -0.2) is 61.2 Å². The lowest BCUT2D eigenvalue weighted by Gasteiger charge is -2.32. The number of nitrogens with one attached hydrogen (secondary N) is 1. The minimum atomic E-state index is 0.774. The van der Waals surface area contributed by atoms with Crippen LogP contribution in [0.3, 0.4) is 0 Å². The van der Waals surface area contributed by atoms with Crippen LogP contribution in [0.2, 0.25) is 0 Å². The average molecular weight is 253 g/mol. The standard InChI is InChI=1S/C15H31N3/c1-3-10-17-11-7-14(8-12-17)16-9-13-18(4-2)15-5-6-15/h14-16H,3-13H2,1-2H3. The fraction of sp³-hybridized carbons (Fsp3) is 1.00. The zero-order chi connectivity index (χ0) is 12.8. The smallest absolute Gasteiger partial charge is 0.0110 e. The van der Waals surface area contributed by atoms with Gasteiger partial charge in [-0.1, -0.05) is 13.8 Å². The second kappa shape index (κ2) is 7.46. The largest absolute Gasteiger partial charge is 0.313 e. The lowest BCUT2D eigenvalue weighted by molar-refractivity contribution is 0.192. The van der Waals surface area contributed by atoms with Crippen LogP contribution in [0.1, 0.15) is 46.0 Å². The molecular formula is C15H31N3. The first kappa shape index (κ1) is 14.3. The zero-order valence-corrected chi connectivity index (χ0v) is 12.3. The van der Waals surface area contributed by atoms with Gasteiger partial charge in [0.15, 0.2) is 0 Å². The molecule has 2 aliphatic rings. The van der Waals surface area contributed by atoms with Gasteiger partial charge in [0.2, 0.25) is 0 Å². The van der Waals surface area contributed by atoms with Gasteiger partial charge >= 0.3 is 0 Å². The summed E-state index contributed by atoms with van der Waals surface area (Å²) in [7, 11) is 0. The van der Waals surface area contributed by atoms with Gasteiger partial charge in [-0.3, -0.25) is 4.90 Å². The highest BCUT2D eigenvalue weighted by Crippen LogP contribution is 2.25. The molecule has 3 heteroatoms. The quantitative estimate of drug-likeness (QED) is 0.713. The predicted octanol–water partition coefficient (Wildman–Crippen LogP) is 1.93. The van der Waals surface area contributed by atoms with Gasteiger partial charge in [0.1, 0.15) is 0 Å². The van der Waals surface area contributed by atoms with Crippen LogP contribution in [0.25, 0.3) is 0 Å². The van der Waals surface area contributed by atoms with Gasteiger partial charge in [0.05, 0.1) is 0 Å². The molecule has 1 aliphatic carbocycles. The molecule has 18 heavy (non-hydrogen) atoms. The normalized spacial score (nSPS) is 22.8. The van der Waals surface area contributed by atoms with E-state index in [0.29, 0.717) is 0 Å². The van der Waals surface area contributed by atoms with Crippen LogP contribution in [0.5, 0.6) is 0 Å². The third-order valence-electron chi connectivity index (χ3n) is 4.43. The molecule has 0 aromatic carbocycles. The van der Waals surface area contributed by atoms with Gasteiger partial charge in [0, 0.05) is 25.2 Å². The number of likely N-dealkylation sites (N-methyl/N-ethyl adjacent to an activating group) is 1. The van der Waals surface area contributed by atoms with Crippen molar-refractivity contribution in [3.05, 3.63) is 0 Å². The summed E-state index contributed by atoms with van der Waals surface area (Å²) < 4.78 is 0. The Morgan fingerprint density at radius 2 is 1.83 bits per heavy atom. The van der Waals surface area contributed by atoms with Crippen molar-refractivity contribution in [2.24, 2.45) is 0 Å². The fourth-order valence-electron chi connectivity index (χ4n) is 3.13. The molecule has 2 fully saturated rings. The molecule has 0 atom stereocenters. The van der Waals surface area contributed by atoms with Crippen molar-refractivity contribution in [1.29, 1.82) is 0 Å². The van der Waals surface area contributed by atoms with Gasteiger partial charge in [-0.2, -0.15) is 0 Å². The summed E-state index contributed by atoms with van der Waals surface area (Å²) >= 11 is 0. The molecule has 0 aromatic rings. The van der Waals surface area contributed by atoms with Crippen molar-refractivity contribution in [3.63, 3.8) is 0 Å². The summed E-state index contributed by atoms with van der Waals surface area (Å²) in [6, 6.07) is 1.69. The Labute approximate surface area is 113 Å². The molecule has 0 spiro atoms. The van der Waals surface area contributed by atoms with Crippen LogP contribution >= 0.6 is 0 Å². The van der Waals surface area contributed by atoms with E-state index < -0.39 is 0 Å². The van der Waals surface area contributed by atoms with Crippen molar-refractivity contribution in [3.8, 4) is 0 Å². The number of nitrogens with zero attached hydrogens (tertiary/aromatic N) is 2. The third kappa shape index (κ3) is 4.52. The number of piperidine rings is 1. The molecule has 0 radical (unpaired) electrons. The Hall–Kier alpha value is -0.120. The topological polar surface area (TPSA) is 18.5 Å². The van der Waals surface area contributed by atoms with Crippen LogP contribution < -0.4 is 5.32 Å². The van der Waals surface area contributed by atoms with Crippen LogP contribution in [-0.2, 0) is 0 Å². The molecule has 1 N–H and O–H groups in total. The number of hydrogen-bond acceptors (Lipinski definition) is 3. The van der Waals surface area contributed by atoms with Crippen LogP contribution in [0, 0.1) is 0 Å². The van der Waals surface area contributed by atoms with Crippen molar-refractivity contribution in [1.82, 2.24) is 15.1 Å². The Bertz CT molecular complexity index is 220. The maximum absolute atomic E-state index is 3.76. The molecule has 1 aliphatic heterocycles. The molecule has 3 nitrogen and oxygen atoms in total. The highest BCUT2D eigenvalue weighted by molar-refractivity contribution is 4.84. The molecule has 1 heterocycles. The summed E-state index contributed by atoms with van der Waals surface area (Å²) in [6.07, 6.45) is 6.85. The van der Waals surface area contributed by atoms with Gasteiger partial charge in [-0.25, -0.2) is 0 Å². The third-order valence-corrected chi connectivity index (χ3v) is 4.43. The summed E-state index contributed by atoms with van der Waals surface area (Å²) in [4.78, 5) is 5.25. The highest BCUT2D eigenvalue weighted by atomic mass is 15.2. The molecule has 1 saturated heterocycles. The first-order valence-electron chi connectivity index (χ1n) is 8.03. The van der Waals surface area contributed by atoms with E-state index in [0.717, 1.165) is 12.1 Å². The minimum absolute atomic E-state index is 0.774. The van der Waals surface area contributed by atoms with Gasteiger partial charge < -0.3 is 10.2 Å². The summed E-state index contributed by atoms with van der Waals surface area (Å²) in [5.74, 6) is 0. The van der Waals surface area contributed by atoms with Gasteiger partial charge in [0.25, 0.3) is 0 Å². The first-order valence-corrected chi connectivity index (χ1v) is 8.03. The predicted molar refractivity (Wildman–Crippen MR) is 78.0 cm³/mol. The zero-order valence-electron chi connectivity index (χ0n) is 12.3. The molecule has 0 aromatic heterocycles. The molecule has 2 rings (SSSR count). The molecule has 0 unspecified atom stereocenters. The number of hydrogen-bond donors (Lipinski definition) is 1. The molecule has 0 amide bonds. The van der Waals surface area contributed by atoms with Gasteiger partial charge in [-0.05, 0) is 58.3 Å². The van der Waals surface area contributed by atoms with E-state index in [9.17, 15) is 0 Å². The summed E-state index contributed by atoms with van der Waals surface area (Å²) in [5.41, 5.74) is 0. The second-order valence-corrected chi connectivity index (χ2v) is 5.93. The number of rotatable bonds is 8. The highest BCUT2D eigenvalue weighted by Gasteiger charge is 2.27. The van der Waals surface area contributed by atoms with Crippen molar-refractivity contribution < 1.29 is 0 Å². The lowest BCUT2D eigenvalue weighted by atomic mass is 10.0. The molecule has 0 bridgehead atoms. The van der Waals surface area contributed by atoms with Crippen molar-refractivity contribution in [2.75, 3.05) is 39.3 Å². The van der Waals surface area contributed by atoms with E-state index in [4.69, 9.17) is 0 Å². The Morgan fingerprint density at radius 1 is 1.11 bits per heavy atom. The van der Waals surface area contributed by atoms with Crippen LogP contribution in [0.4, 0.5) is 0 Å². The van der Waals surface area contributed by atoms with E-state index in [1.165, 1.54) is 71.4 Å². The monoisotopic (exact) mass is 253 g/mol. The van der Waals surface area contributed by atoms with E-state index in [1.54, 1.807) is 0 Å². The number of likely N-dealkylation sites (tertiary alicyclic amines) is 1. The Balaban J connectivity index is 1.54. The van der Waals surface area contributed by atoms with Crippen molar-refractivity contribution >= 4 is 0 Å².